The largest absolute Gasteiger partial charge is 0.478 e. The fourth-order valence-corrected chi connectivity index (χ4v) is 1.61. The maximum absolute atomic E-state index is 11.2. The summed E-state index contributed by atoms with van der Waals surface area (Å²) in [7, 11) is 0. The van der Waals surface area contributed by atoms with Crippen molar-refractivity contribution in [1.82, 2.24) is 0 Å². The molecule has 0 saturated carbocycles. The number of aliphatic carboxylic acids is 1. The number of carbonyl (C=O) groups excluding carboxylic acids is 1. The number of carboxylic acid groups (broad SMARTS) is 1. The number of aryl methyl sites for hydroxylation is 1. The molecule has 0 amide bonds. The van der Waals surface area contributed by atoms with E-state index in [0.717, 1.165) is 5.56 Å². The van der Waals surface area contributed by atoms with Crippen LogP contribution in [0.25, 0.3) is 0 Å². The van der Waals surface area contributed by atoms with Crippen LogP contribution in [0.5, 0.6) is 0 Å². The Hall–Kier alpha value is -1.84. The van der Waals surface area contributed by atoms with Gasteiger partial charge in [-0.1, -0.05) is 12.1 Å². The summed E-state index contributed by atoms with van der Waals surface area (Å²) in [5, 5.41) is 8.83. The van der Waals surface area contributed by atoms with Gasteiger partial charge in [0.05, 0.1) is 5.56 Å². The zero-order chi connectivity index (χ0) is 10.3. The predicted octanol–water partition coefficient (Wildman–Crippen LogP) is 1.29. The average Bonchev–Trinajstić information content (AvgIpc) is 2.46. The van der Waals surface area contributed by atoms with Gasteiger partial charge in [-0.15, -0.1) is 0 Å². The lowest BCUT2D eigenvalue weighted by Gasteiger charge is -2.06. The molecule has 72 valence electrons. The van der Waals surface area contributed by atoms with E-state index in [2.05, 4.69) is 0 Å². The molecule has 4 heteroatoms. The van der Waals surface area contributed by atoms with E-state index in [1.807, 2.05) is 0 Å². The quantitative estimate of drug-likeness (QED) is 0.681. The zero-order valence-corrected chi connectivity index (χ0v) is 7.48. The normalized spacial score (nSPS) is 18.9. The summed E-state index contributed by atoms with van der Waals surface area (Å²) in [6.07, 6.45) is -1.14. The van der Waals surface area contributed by atoms with Gasteiger partial charge in [-0.05, 0) is 18.6 Å². The summed E-state index contributed by atoms with van der Waals surface area (Å²) < 4.78 is 4.74. The maximum Gasteiger partial charge on any atom is 0.349 e. The lowest BCUT2D eigenvalue weighted by molar-refractivity contribution is -0.146. The molecule has 2 rings (SSSR count). The Bertz CT molecular complexity index is 422. The summed E-state index contributed by atoms with van der Waals surface area (Å²) in [4.78, 5) is 22.0. The van der Waals surface area contributed by atoms with Gasteiger partial charge in [0, 0.05) is 5.56 Å². The number of carbonyl (C=O) groups is 2. The topological polar surface area (TPSA) is 63.6 Å². The number of esters is 1. The van der Waals surface area contributed by atoms with Gasteiger partial charge in [0.2, 0.25) is 6.10 Å². The van der Waals surface area contributed by atoms with Crippen molar-refractivity contribution >= 4 is 11.9 Å². The second kappa shape index (κ2) is 2.83. The molecule has 1 unspecified atom stereocenters. The van der Waals surface area contributed by atoms with Crippen molar-refractivity contribution in [2.45, 2.75) is 13.0 Å². The zero-order valence-electron chi connectivity index (χ0n) is 7.48. The third-order valence-corrected chi connectivity index (χ3v) is 2.26. The number of carboxylic acids is 1. The summed E-state index contributed by atoms with van der Waals surface area (Å²) in [6.45, 7) is 1.76. The van der Waals surface area contributed by atoms with Gasteiger partial charge in [-0.3, -0.25) is 0 Å². The van der Waals surface area contributed by atoms with Crippen LogP contribution in [0, 0.1) is 6.92 Å². The van der Waals surface area contributed by atoms with Gasteiger partial charge in [0.1, 0.15) is 0 Å². The highest BCUT2D eigenvalue weighted by Gasteiger charge is 2.36. The Kier molecular flexibility index (Phi) is 1.77. The summed E-state index contributed by atoms with van der Waals surface area (Å²) in [5.74, 6) is -1.69. The van der Waals surface area contributed by atoms with Crippen LogP contribution in [0.3, 0.4) is 0 Å². The molecule has 0 saturated heterocycles. The molecule has 0 fully saturated rings. The first kappa shape index (κ1) is 8.74. The molecule has 1 aromatic carbocycles. The minimum atomic E-state index is -1.14. The van der Waals surface area contributed by atoms with Crippen molar-refractivity contribution in [3.05, 3.63) is 34.9 Å². The standard InChI is InChI=1S/C10H8O4/c1-5-3-2-4-6-7(5)8(9(11)12)14-10(6)13/h2-4,8H,1H3,(H,11,12). The average molecular weight is 192 g/mol. The molecule has 0 aliphatic carbocycles. The van der Waals surface area contributed by atoms with Crippen LogP contribution in [0.2, 0.25) is 0 Å². The van der Waals surface area contributed by atoms with Crippen molar-refractivity contribution in [2.75, 3.05) is 0 Å². The van der Waals surface area contributed by atoms with Gasteiger partial charge >= 0.3 is 11.9 Å². The smallest absolute Gasteiger partial charge is 0.349 e. The molecule has 1 atom stereocenters. The van der Waals surface area contributed by atoms with E-state index in [1.165, 1.54) is 0 Å². The summed E-state index contributed by atoms with van der Waals surface area (Å²) >= 11 is 0. The first-order valence-electron chi connectivity index (χ1n) is 4.14. The lowest BCUT2D eigenvalue weighted by Crippen LogP contribution is -2.11. The highest BCUT2D eigenvalue weighted by Crippen LogP contribution is 2.32. The minimum absolute atomic E-state index is 0.359. The molecule has 1 N–H and O–H groups in total. The van der Waals surface area contributed by atoms with Gasteiger partial charge in [-0.25, -0.2) is 9.59 Å². The second-order valence-electron chi connectivity index (χ2n) is 3.16. The van der Waals surface area contributed by atoms with Crippen molar-refractivity contribution in [3.63, 3.8) is 0 Å². The van der Waals surface area contributed by atoms with Crippen molar-refractivity contribution in [1.29, 1.82) is 0 Å². The van der Waals surface area contributed by atoms with Gasteiger partial charge in [-0.2, -0.15) is 0 Å². The van der Waals surface area contributed by atoms with E-state index in [4.69, 9.17) is 9.84 Å². The first-order chi connectivity index (χ1) is 6.61. The fraction of sp³-hybridized carbons (Fsp3) is 0.200. The molecule has 4 nitrogen and oxygen atoms in total. The highest BCUT2D eigenvalue weighted by molar-refractivity contribution is 5.98. The van der Waals surface area contributed by atoms with E-state index in [-0.39, 0.29) is 0 Å². The molecule has 0 bridgehead atoms. The summed E-state index contributed by atoms with van der Waals surface area (Å²) in [6, 6.07) is 5.05. The molecule has 1 heterocycles. The van der Waals surface area contributed by atoms with Crippen LogP contribution in [0.1, 0.15) is 27.6 Å². The van der Waals surface area contributed by atoms with Crippen LogP contribution in [0.4, 0.5) is 0 Å². The number of ether oxygens (including phenoxy) is 1. The van der Waals surface area contributed by atoms with Crippen LogP contribution >= 0.6 is 0 Å². The maximum atomic E-state index is 11.2. The molecule has 1 aliphatic rings. The molecule has 1 aromatic rings. The Morgan fingerprint density at radius 2 is 2.21 bits per heavy atom. The minimum Gasteiger partial charge on any atom is -0.478 e. The van der Waals surface area contributed by atoms with Crippen molar-refractivity contribution in [3.8, 4) is 0 Å². The number of fused-ring (bicyclic) bond motifs is 1. The van der Waals surface area contributed by atoms with Gasteiger partial charge in [0.25, 0.3) is 0 Å². The molecular formula is C10H8O4. The van der Waals surface area contributed by atoms with Crippen LogP contribution in [-0.2, 0) is 9.53 Å². The molecule has 0 spiro atoms. The molecule has 0 aromatic heterocycles. The molecular weight excluding hydrogens is 184 g/mol. The Morgan fingerprint density at radius 3 is 2.86 bits per heavy atom. The van der Waals surface area contributed by atoms with E-state index in [9.17, 15) is 9.59 Å². The van der Waals surface area contributed by atoms with Crippen LogP contribution in [0.15, 0.2) is 18.2 Å². The van der Waals surface area contributed by atoms with E-state index in [0.29, 0.717) is 11.1 Å². The Morgan fingerprint density at radius 1 is 1.50 bits per heavy atom. The highest BCUT2D eigenvalue weighted by atomic mass is 16.6. The Balaban J connectivity index is 2.62. The third kappa shape index (κ3) is 1.08. The summed E-state index contributed by atoms with van der Waals surface area (Å²) in [5.41, 5.74) is 1.60. The third-order valence-electron chi connectivity index (χ3n) is 2.26. The number of hydrogen-bond donors (Lipinski definition) is 1. The fourth-order valence-electron chi connectivity index (χ4n) is 1.61. The SMILES string of the molecule is Cc1cccc2c1C(C(=O)O)OC2=O. The van der Waals surface area contributed by atoms with Crippen LogP contribution in [-0.4, -0.2) is 17.0 Å². The number of benzene rings is 1. The molecule has 14 heavy (non-hydrogen) atoms. The number of rotatable bonds is 1. The van der Waals surface area contributed by atoms with Gasteiger partial charge in [0.15, 0.2) is 0 Å². The second-order valence-corrected chi connectivity index (χ2v) is 3.16. The number of hydrogen-bond acceptors (Lipinski definition) is 3. The molecule has 0 radical (unpaired) electrons. The number of cyclic esters (lactones) is 1. The van der Waals surface area contributed by atoms with Crippen molar-refractivity contribution in [2.24, 2.45) is 0 Å². The lowest BCUT2D eigenvalue weighted by atomic mass is 10.00. The Labute approximate surface area is 80.1 Å². The van der Waals surface area contributed by atoms with Crippen molar-refractivity contribution < 1.29 is 19.4 Å². The van der Waals surface area contributed by atoms with Crippen LogP contribution < -0.4 is 0 Å². The van der Waals surface area contributed by atoms with E-state index >= 15 is 0 Å². The monoisotopic (exact) mass is 192 g/mol. The van der Waals surface area contributed by atoms with E-state index in [1.54, 1.807) is 25.1 Å². The molecule has 1 aliphatic heterocycles. The predicted molar refractivity (Wildman–Crippen MR) is 47.0 cm³/mol. The van der Waals surface area contributed by atoms with E-state index < -0.39 is 18.0 Å². The van der Waals surface area contributed by atoms with Gasteiger partial charge < -0.3 is 9.84 Å². The first-order valence-corrected chi connectivity index (χ1v) is 4.14.